The van der Waals surface area contributed by atoms with Gasteiger partial charge in [0.2, 0.25) is 0 Å². The molecular weight excluding hydrogens is 308 g/mol. The highest BCUT2D eigenvalue weighted by Crippen LogP contribution is 2.28. The molecule has 2 heterocycles. The van der Waals surface area contributed by atoms with E-state index in [9.17, 15) is 14.9 Å². The number of aromatic nitrogens is 3. The number of nitrogens with zero attached hydrogens (tertiary/aromatic N) is 4. The van der Waals surface area contributed by atoms with Crippen LogP contribution in [0.2, 0.25) is 0 Å². The van der Waals surface area contributed by atoms with Crippen LogP contribution in [0.5, 0.6) is 0 Å². The zero-order valence-corrected chi connectivity index (χ0v) is 12.3. The average molecular weight is 318 g/mol. The summed E-state index contributed by atoms with van der Waals surface area (Å²) in [5, 5.41) is 16.1. The van der Waals surface area contributed by atoms with Crippen molar-refractivity contribution >= 4 is 22.2 Å². The normalized spacial score (nSPS) is 11.0. The summed E-state index contributed by atoms with van der Waals surface area (Å²) in [6, 6.07) is 16.9. The molecule has 116 valence electrons. The molecule has 2 aromatic heterocycles. The first-order valence-corrected chi connectivity index (χ1v) is 7.18. The lowest BCUT2D eigenvalue weighted by atomic mass is 10.1. The molecule has 7 nitrogen and oxygen atoms in total. The van der Waals surface area contributed by atoms with Gasteiger partial charge in [-0.3, -0.25) is 14.9 Å². The second-order valence-electron chi connectivity index (χ2n) is 5.21. The van der Waals surface area contributed by atoms with Crippen molar-refractivity contribution in [3.63, 3.8) is 0 Å². The van der Waals surface area contributed by atoms with Crippen molar-refractivity contribution in [1.82, 2.24) is 14.6 Å². The molecule has 0 unspecified atom stereocenters. The highest BCUT2D eigenvalue weighted by molar-refractivity contribution is 5.80. The zero-order valence-electron chi connectivity index (χ0n) is 12.3. The number of rotatable bonds is 2. The van der Waals surface area contributed by atoms with E-state index >= 15 is 0 Å². The molecular formula is C17H10N4O3. The van der Waals surface area contributed by atoms with Gasteiger partial charge in [-0.15, -0.1) is 0 Å². The Labute approximate surface area is 135 Å². The van der Waals surface area contributed by atoms with Gasteiger partial charge in [-0.1, -0.05) is 42.5 Å². The fourth-order valence-electron chi connectivity index (χ4n) is 2.61. The van der Waals surface area contributed by atoms with Gasteiger partial charge in [-0.2, -0.15) is 9.61 Å². The van der Waals surface area contributed by atoms with E-state index in [1.54, 1.807) is 54.6 Å². The second-order valence-corrected chi connectivity index (χ2v) is 5.21. The highest BCUT2D eigenvalue weighted by atomic mass is 16.6. The maximum absolute atomic E-state index is 12.6. The van der Waals surface area contributed by atoms with Crippen molar-refractivity contribution in [2.75, 3.05) is 0 Å². The van der Waals surface area contributed by atoms with Gasteiger partial charge in [0.05, 0.1) is 21.9 Å². The van der Waals surface area contributed by atoms with Crippen molar-refractivity contribution in [2.24, 2.45) is 0 Å². The Morgan fingerprint density at radius 2 is 1.71 bits per heavy atom. The van der Waals surface area contributed by atoms with E-state index in [0.717, 1.165) is 4.52 Å². The number of hydrogen-bond donors (Lipinski definition) is 0. The molecule has 24 heavy (non-hydrogen) atoms. The summed E-state index contributed by atoms with van der Waals surface area (Å²) in [5.41, 5.74) is 0.764. The first kappa shape index (κ1) is 14.0. The van der Waals surface area contributed by atoms with Crippen LogP contribution in [0.25, 0.3) is 27.8 Å². The standard InChI is InChI=1S/C17H10N4O3/c22-17-12-8-4-5-9-13(12)18-15-10-14(21(23)24)16(19-20(15)17)11-6-2-1-3-7-11/h1-10H. The lowest BCUT2D eigenvalue weighted by Gasteiger charge is -2.06. The van der Waals surface area contributed by atoms with E-state index in [0.29, 0.717) is 16.5 Å². The van der Waals surface area contributed by atoms with E-state index in [1.165, 1.54) is 6.07 Å². The molecule has 0 aliphatic carbocycles. The molecule has 0 spiro atoms. The largest absolute Gasteiger partial charge is 0.301 e. The Bertz CT molecular complexity index is 1150. The maximum Gasteiger partial charge on any atom is 0.301 e. The fourth-order valence-corrected chi connectivity index (χ4v) is 2.61. The summed E-state index contributed by atoms with van der Waals surface area (Å²) in [6.07, 6.45) is 0. The van der Waals surface area contributed by atoms with Crippen LogP contribution in [-0.2, 0) is 0 Å². The third-order valence-corrected chi connectivity index (χ3v) is 3.73. The fraction of sp³-hybridized carbons (Fsp3) is 0. The Hall–Kier alpha value is -3.61. The first-order valence-electron chi connectivity index (χ1n) is 7.18. The average Bonchev–Trinajstić information content (AvgIpc) is 2.62. The smallest absolute Gasteiger partial charge is 0.267 e. The molecule has 7 heteroatoms. The van der Waals surface area contributed by atoms with Gasteiger partial charge in [0.15, 0.2) is 11.3 Å². The number of para-hydroxylation sites is 1. The van der Waals surface area contributed by atoms with Gasteiger partial charge >= 0.3 is 5.69 Å². The molecule has 0 saturated carbocycles. The van der Waals surface area contributed by atoms with Gasteiger partial charge in [-0.25, -0.2) is 4.98 Å². The quantitative estimate of drug-likeness (QED) is 0.322. The van der Waals surface area contributed by atoms with Crippen LogP contribution in [0.3, 0.4) is 0 Å². The maximum atomic E-state index is 12.6. The Morgan fingerprint density at radius 1 is 1.00 bits per heavy atom. The number of fused-ring (bicyclic) bond motifs is 2. The van der Waals surface area contributed by atoms with Crippen LogP contribution >= 0.6 is 0 Å². The summed E-state index contributed by atoms with van der Waals surface area (Å²) in [7, 11) is 0. The molecule has 0 bridgehead atoms. The van der Waals surface area contributed by atoms with Crippen LogP contribution in [-0.4, -0.2) is 19.5 Å². The minimum absolute atomic E-state index is 0.132. The van der Waals surface area contributed by atoms with Gasteiger partial charge in [0.1, 0.15) is 0 Å². The van der Waals surface area contributed by atoms with Crippen molar-refractivity contribution in [1.29, 1.82) is 0 Å². The Balaban J connectivity index is 2.14. The first-order chi connectivity index (χ1) is 11.6. The van der Waals surface area contributed by atoms with E-state index in [-0.39, 0.29) is 22.6 Å². The number of nitro groups is 1. The molecule has 4 rings (SSSR count). The SMILES string of the molecule is O=c1c2ccccc2nc2cc([N+](=O)[O-])c(-c3ccccc3)nn12. The zero-order chi connectivity index (χ0) is 16.7. The van der Waals surface area contributed by atoms with Gasteiger partial charge in [-0.05, 0) is 12.1 Å². The predicted molar refractivity (Wildman–Crippen MR) is 88.9 cm³/mol. The van der Waals surface area contributed by atoms with Crippen LogP contribution in [0.4, 0.5) is 5.69 Å². The molecule has 0 aliphatic heterocycles. The number of benzene rings is 2. The molecule has 0 N–H and O–H groups in total. The highest BCUT2D eigenvalue weighted by Gasteiger charge is 2.20. The van der Waals surface area contributed by atoms with Crippen molar-refractivity contribution < 1.29 is 4.92 Å². The number of hydrogen-bond acceptors (Lipinski definition) is 5. The molecule has 2 aromatic carbocycles. The molecule has 0 radical (unpaired) electrons. The summed E-state index contributed by atoms with van der Waals surface area (Å²) in [6.45, 7) is 0. The van der Waals surface area contributed by atoms with Crippen molar-refractivity contribution in [2.45, 2.75) is 0 Å². The van der Waals surface area contributed by atoms with Crippen LogP contribution < -0.4 is 5.56 Å². The summed E-state index contributed by atoms with van der Waals surface area (Å²) in [5.74, 6) is 0. The molecule has 0 aliphatic rings. The van der Waals surface area contributed by atoms with E-state index in [4.69, 9.17) is 0 Å². The summed E-state index contributed by atoms with van der Waals surface area (Å²) in [4.78, 5) is 27.9. The van der Waals surface area contributed by atoms with Crippen LogP contribution in [0.1, 0.15) is 0 Å². The summed E-state index contributed by atoms with van der Waals surface area (Å²) < 4.78 is 1.11. The lowest BCUT2D eigenvalue weighted by Crippen LogP contribution is -2.19. The predicted octanol–water partition coefficient (Wildman–Crippen LogP) is 2.82. The minimum atomic E-state index is -0.517. The van der Waals surface area contributed by atoms with E-state index < -0.39 is 4.92 Å². The Morgan fingerprint density at radius 3 is 2.46 bits per heavy atom. The minimum Gasteiger partial charge on any atom is -0.267 e. The van der Waals surface area contributed by atoms with Crippen molar-refractivity contribution in [3.8, 4) is 11.3 Å². The Kier molecular flexibility index (Phi) is 3.06. The van der Waals surface area contributed by atoms with Crippen LogP contribution in [0.15, 0.2) is 65.5 Å². The second kappa shape index (κ2) is 5.24. The van der Waals surface area contributed by atoms with Gasteiger partial charge in [0, 0.05) is 5.56 Å². The molecule has 0 amide bonds. The lowest BCUT2D eigenvalue weighted by molar-refractivity contribution is -0.384. The third kappa shape index (κ3) is 2.11. The third-order valence-electron chi connectivity index (χ3n) is 3.73. The molecule has 4 aromatic rings. The topological polar surface area (TPSA) is 90.4 Å². The van der Waals surface area contributed by atoms with Gasteiger partial charge in [0.25, 0.3) is 5.56 Å². The molecule has 0 fully saturated rings. The molecule has 0 saturated heterocycles. The van der Waals surface area contributed by atoms with E-state index in [2.05, 4.69) is 10.1 Å². The monoisotopic (exact) mass is 318 g/mol. The van der Waals surface area contributed by atoms with Crippen LogP contribution in [0, 0.1) is 10.1 Å². The van der Waals surface area contributed by atoms with Crippen molar-refractivity contribution in [3.05, 3.63) is 81.1 Å². The molecule has 0 atom stereocenters. The van der Waals surface area contributed by atoms with E-state index in [1.807, 2.05) is 0 Å². The summed E-state index contributed by atoms with van der Waals surface area (Å²) >= 11 is 0. The van der Waals surface area contributed by atoms with Gasteiger partial charge < -0.3 is 0 Å².